The van der Waals surface area contributed by atoms with E-state index in [4.69, 9.17) is 14.2 Å². The standard InChI is InChI=1S/C25H27N5O4S/c1-4-34-19-8-6-18(7-9-19)25-28-27-22-11-12-24(29-30(22)25)35-16-23(31)26-14-13-17-5-10-20(32-2)21(15-17)33-3/h5-12,15H,4,13-14,16H2,1-3H3,(H,26,31). The van der Waals surface area contributed by atoms with Gasteiger partial charge in [-0.05, 0) is 67.4 Å². The smallest absolute Gasteiger partial charge is 0.230 e. The van der Waals surface area contributed by atoms with E-state index < -0.39 is 0 Å². The summed E-state index contributed by atoms with van der Waals surface area (Å²) in [6.45, 7) is 3.08. The number of fused-ring (bicyclic) bond motifs is 1. The van der Waals surface area contributed by atoms with Gasteiger partial charge in [-0.3, -0.25) is 4.79 Å². The SMILES string of the molecule is CCOc1ccc(-c2nnc3ccc(SCC(=O)NCCc4ccc(OC)c(OC)c4)nn23)cc1. The number of hydrogen-bond donors (Lipinski definition) is 1. The topological polar surface area (TPSA) is 99.9 Å². The van der Waals surface area contributed by atoms with Crippen LogP contribution in [-0.4, -0.2) is 58.8 Å². The largest absolute Gasteiger partial charge is 0.494 e. The Morgan fingerprint density at radius 1 is 1.00 bits per heavy atom. The molecule has 0 aliphatic carbocycles. The second-order valence-electron chi connectivity index (χ2n) is 7.50. The summed E-state index contributed by atoms with van der Waals surface area (Å²) in [6, 6.07) is 17.1. The first kappa shape index (κ1) is 24.3. The predicted octanol–water partition coefficient (Wildman–Crippen LogP) is 3.66. The number of methoxy groups -OCH3 is 2. The maximum atomic E-state index is 12.4. The molecule has 9 nitrogen and oxygen atoms in total. The van der Waals surface area contributed by atoms with Crippen LogP contribution < -0.4 is 19.5 Å². The Morgan fingerprint density at radius 2 is 1.80 bits per heavy atom. The summed E-state index contributed by atoms with van der Waals surface area (Å²) >= 11 is 1.36. The second-order valence-corrected chi connectivity index (χ2v) is 8.50. The van der Waals surface area contributed by atoms with Crippen molar-refractivity contribution < 1.29 is 19.0 Å². The van der Waals surface area contributed by atoms with Gasteiger partial charge < -0.3 is 19.5 Å². The third kappa shape index (κ3) is 6.02. The zero-order chi connectivity index (χ0) is 24.6. The van der Waals surface area contributed by atoms with Crippen molar-refractivity contribution in [3.8, 4) is 28.6 Å². The van der Waals surface area contributed by atoms with E-state index in [-0.39, 0.29) is 11.7 Å². The number of nitrogens with one attached hydrogen (secondary N) is 1. The van der Waals surface area contributed by atoms with Gasteiger partial charge in [0.15, 0.2) is 23.0 Å². The minimum Gasteiger partial charge on any atom is -0.494 e. The monoisotopic (exact) mass is 493 g/mol. The van der Waals surface area contributed by atoms with Crippen molar-refractivity contribution in [1.29, 1.82) is 0 Å². The van der Waals surface area contributed by atoms with Crippen LogP contribution in [0.1, 0.15) is 12.5 Å². The van der Waals surface area contributed by atoms with Crippen LogP contribution in [0.15, 0.2) is 59.6 Å². The van der Waals surface area contributed by atoms with Gasteiger partial charge in [0.2, 0.25) is 5.91 Å². The second kappa shape index (κ2) is 11.6. The van der Waals surface area contributed by atoms with Crippen molar-refractivity contribution in [1.82, 2.24) is 25.1 Å². The lowest BCUT2D eigenvalue weighted by molar-refractivity contribution is -0.118. The van der Waals surface area contributed by atoms with Gasteiger partial charge >= 0.3 is 0 Å². The van der Waals surface area contributed by atoms with Crippen LogP contribution in [0, 0.1) is 0 Å². The first-order chi connectivity index (χ1) is 17.1. The minimum atomic E-state index is -0.0622. The third-order valence-electron chi connectivity index (χ3n) is 5.20. The zero-order valence-corrected chi connectivity index (χ0v) is 20.7. The number of carbonyl (C=O) groups is 1. The number of benzene rings is 2. The van der Waals surface area contributed by atoms with Gasteiger partial charge in [-0.2, -0.15) is 9.61 Å². The number of ether oxygens (including phenoxy) is 3. The average molecular weight is 494 g/mol. The normalized spacial score (nSPS) is 10.8. The first-order valence-corrected chi connectivity index (χ1v) is 12.2. The maximum absolute atomic E-state index is 12.4. The Morgan fingerprint density at radius 3 is 2.54 bits per heavy atom. The zero-order valence-electron chi connectivity index (χ0n) is 19.9. The molecule has 0 bridgehead atoms. The molecule has 35 heavy (non-hydrogen) atoms. The van der Waals surface area contributed by atoms with E-state index >= 15 is 0 Å². The van der Waals surface area contributed by atoms with E-state index in [1.807, 2.05) is 61.5 Å². The number of hydrogen-bond acceptors (Lipinski definition) is 8. The van der Waals surface area contributed by atoms with E-state index in [9.17, 15) is 4.79 Å². The molecule has 4 rings (SSSR count). The van der Waals surface area contributed by atoms with Gasteiger partial charge in [-0.1, -0.05) is 17.8 Å². The number of aromatic nitrogens is 4. The van der Waals surface area contributed by atoms with E-state index in [1.165, 1.54) is 11.8 Å². The van der Waals surface area contributed by atoms with Crippen LogP contribution in [0.2, 0.25) is 0 Å². The number of rotatable bonds is 11. The van der Waals surface area contributed by atoms with Crippen molar-refractivity contribution in [2.45, 2.75) is 18.4 Å². The highest BCUT2D eigenvalue weighted by Gasteiger charge is 2.12. The molecule has 1 amide bonds. The van der Waals surface area contributed by atoms with Crippen LogP contribution in [0.3, 0.4) is 0 Å². The Bertz CT molecular complexity index is 1290. The van der Waals surface area contributed by atoms with Crippen LogP contribution in [0.4, 0.5) is 0 Å². The summed E-state index contributed by atoms with van der Waals surface area (Å²) < 4.78 is 17.8. The van der Waals surface area contributed by atoms with Crippen molar-refractivity contribution in [2.24, 2.45) is 0 Å². The molecule has 2 aromatic heterocycles. The molecule has 0 saturated carbocycles. The Balaban J connectivity index is 1.33. The van der Waals surface area contributed by atoms with Crippen LogP contribution in [-0.2, 0) is 11.2 Å². The number of nitrogens with zero attached hydrogens (tertiary/aromatic N) is 4. The Kier molecular flexibility index (Phi) is 8.04. The number of carbonyl (C=O) groups excluding carboxylic acids is 1. The van der Waals surface area contributed by atoms with Crippen molar-refractivity contribution in [2.75, 3.05) is 33.1 Å². The van der Waals surface area contributed by atoms with Crippen LogP contribution in [0.25, 0.3) is 17.0 Å². The Labute approximate surface area is 207 Å². The van der Waals surface area contributed by atoms with Crippen molar-refractivity contribution in [3.05, 3.63) is 60.2 Å². The molecule has 0 atom stereocenters. The molecule has 0 saturated heterocycles. The molecule has 2 aromatic carbocycles. The fraction of sp³-hybridized carbons (Fsp3) is 0.280. The van der Waals surface area contributed by atoms with Gasteiger partial charge in [-0.15, -0.1) is 10.2 Å². The van der Waals surface area contributed by atoms with E-state index in [0.717, 1.165) is 16.9 Å². The first-order valence-electron chi connectivity index (χ1n) is 11.2. The molecular weight excluding hydrogens is 466 g/mol. The average Bonchev–Trinajstić information content (AvgIpc) is 3.31. The Hall–Kier alpha value is -3.79. The molecule has 2 heterocycles. The lowest BCUT2D eigenvalue weighted by Gasteiger charge is -2.10. The minimum absolute atomic E-state index is 0.0622. The highest BCUT2D eigenvalue weighted by molar-refractivity contribution is 7.99. The molecule has 0 unspecified atom stereocenters. The fourth-order valence-electron chi connectivity index (χ4n) is 3.47. The summed E-state index contributed by atoms with van der Waals surface area (Å²) in [5.41, 5.74) is 2.57. The van der Waals surface area contributed by atoms with E-state index in [1.54, 1.807) is 18.7 Å². The maximum Gasteiger partial charge on any atom is 0.230 e. The predicted molar refractivity (Wildman–Crippen MR) is 134 cm³/mol. The molecule has 0 spiro atoms. The summed E-state index contributed by atoms with van der Waals surface area (Å²) in [4.78, 5) is 12.4. The number of amides is 1. The quantitative estimate of drug-likeness (QED) is 0.316. The highest BCUT2D eigenvalue weighted by atomic mass is 32.2. The van der Waals surface area contributed by atoms with Crippen molar-refractivity contribution >= 4 is 23.3 Å². The van der Waals surface area contributed by atoms with Crippen molar-refractivity contribution in [3.63, 3.8) is 0 Å². The molecule has 10 heteroatoms. The summed E-state index contributed by atoms with van der Waals surface area (Å²) in [5.74, 6) is 2.97. The third-order valence-corrected chi connectivity index (χ3v) is 6.12. The van der Waals surface area contributed by atoms with Gasteiger partial charge in [0.25, 0.3) is 0 Å². The molecule has 0 radical (unpaired) electrons. The van der Waals surface area contributed by atoms with E-state index in [0.29, 0.717) is 47.6 Å². The summed E-state index contributed by atoms with van der Waals surface area (Å²) in [5, 5.41) is 16.8. The molecule has 0 fully saturated rings. The van der Waals surface area contributed by atoms with Crippen LogP contribution in [0.5, 0.6) is 17.2 Å². The van der Waals surface area contributed by atoms with E-state index in [2.05, 4.69) is 20.6 Å². The van der Waals surface area contributed by atoms with Gasteiger partial charge in [-0.25, -0.2) is 0 Å². The molecule has 0 aliphatic rings. The van der Waals surface area contributed by atoms with Gasteiger partial charge in [0.05, 0.1) is 26.6 Å². The lowest BCUT2D eigenvalue weighted by Crippen LogP contribution is -2.27. The van der Waals surface area contributed by atoms with Gasteiger partial charge in [0, 0.05) is 12.1 Å². The fourth-order valence-corrected chi connectivity index (χ4v) is 4.15. The number of thioether (sulfide) groups is 1. The van der Waals surface area contributed by atoms with Crippen LogP contribution >= 0.6 is 11.8 Å². The lowest BCUT2D eigenvalue weighted by atomic mass is 10.1. The highest BCUT2D eigenvalue weighted by Crippen LogP contribution is 2.27. The molecule has 1 N–H and O–H groups in total. The molecule has 4 aromatic rings. The molecule has 182 valence electrons. The van der Waals surface area contributed by atoms with Gasteiger partial charge in [0.1, 0.15) is 10.8 Å². The summed E-state index contributed by atoms with van der Waals surface area (Å²) in [7, 11) is 3.21. The molecular formula is C25H27N5O4S. The molecule has 0 aliphatic heterocycles. The summed E-state index contributed by atoms with van der Waals surface area (Å²) in [6.07, 6.45) is 0.688.